The lowest BCUT2D eigenvalue weighted by Gasteiger charge is -2.25. The van der Waals surface area contributed by atoms with Gasteiger partial charge in [0, 0.05) is 22.5 Å². The van der Waals surface area contributed by atoms with Crippen molar-refractivity contribution in [1.82, 2.24) is 9.88 Å². The summed E-state index contributed by atoms with van der Waals surface area (Å²) in [4.78, 5) is 33.2. The maximum absolute atomic E-state index is 13.4. The van der Waals surface area contributed by atoms with Crippen LogP contribution in [-0.2, 0) is 17.7 Å². The molecule has 5 rings (SSSR count). The van der Waals surface area contributed by atoms with Gasteiger partial charge < -0.3 is 19.7 Å². The van der Waals surface area contributed by atoms with Gasteiger partial charge in [0.05, 0.1) is 30.5 Å². The van der Waals surface area contributed by atoms with Crippen LogP contribution >= 0.6 is 22.7 Å². The number of thiazole rings is 1. The topological polar surface area (TPSA) is 80.8 Å². The highest BCUT2D eigenvalue weighted by Gasteiger charge is 2.30. The molecule has 1 aliphatic heterocycles. The van der Waals surface area contributed by atoms with E-state index in [0.717, 1.165) is 55.5 Å². The third-order valence-electron chi connectivity index (χ3n) is 6.34. The first-order chi connectivity index (χ1) is 18.1. The number of unbranched alkanes of at least 4 members (excludes halogenated alkanes) is 2. The number of carbonyl (C=O) groups excluding carboxylic acids is 2. The van der Waals surface area contributed by atoms with Crippen LogP contribution in [0.1, 0.15) is 47.0 Å². The summed E-state index contributed by atoms with van der Waals surface area (Å²) in [5, 5.41) is 4.76. The largest absolute Gasteiger partial charge is 0.494 e. The zero-order valence-electron chi connectivity index (χ0n) is 20.9. The number of methoxy groups -OCH3 is 1. The fraction of sp³-hybridized carbons (Fsp3) is 0.321. The summed E-state index contributed by atoms with van der Waals surface area (Å²) in [6, 6.07) is 15.3. The highest BCUT2D eigenvalue weighted by Crippen LogP contribution is 2.46. The number of fused-ring (bicyclic) bond motifs is 2. The van der Waals surface area contributed by atoms with E-state index in [1.807, 2.05) is 30.3 Å². The molecular formula is C28H29N3O4S2. The Bertz CT molecular complexity index is 1400. The minimum atomic E-state index is -0.345. The second-order valence-corrected chi connectivity index (χ2v) is 11.0. The zero-order chi connectivity index (χ0) is 25.8. The second kappa shape index (κ2) is 11.3. The fourth-order valence-electron chi connectivity index (χ4n) is 4.43. The van der Waals surface area contributed by atoms with Crippen molar-refractivity contribution < 1.29 is 19.1 Å². The minimum Gasteiger partial charge on any atom is -0.494 e. The lowest BCUT2D eigenvalue weighted by atomic mass is 10.0. The number of thiophene rings is 1. The molecule has 192 valence electrons. The number of hydrogen-bond acceptors (Lipinski definition) is 7. The van der Waals surface area contributed by atoms with Crippen molar-refractivity contribution in [1.29, 1.82) is 0 Å². The van der Waals surface area contributed by atoms with Gasteiger partial charge in [-0.2, -0.15) is 0 Å². The molecule has 0 spiro atoms. The predicted molar refractivity (Wildman–Crippen MR) is 149 cm³/mol. The Morgan fingerprint density at radius 2 is 1.97 bits per heavy atom. The number of ether oxygens (including phenoxy) is 2. The molecule has 0 atom stereocenters. The molecule has 1 N–H and O–H groups in total. The van der Waals surface area contributed by atoms with Crippen molar-refractivity contribution in [3.63, 3.8) is 0 Å². The first-order valence-electron chi connectivity index (χ1n) is 12.4. The number of amides is 2. The Labute approximate surface area is 224 Å². The van der Waals surface area contributed by atoms with Gasteiger partial charge in [0.25, 0.3) is 5.91 Å². The summed E-state index contributed by atoms with van der Waals surface area (Å²) in [7, 11) is 1.39. The van der Waals surface area contributed by atoms with Gasteiger partial charge in [0.1, 0.15) is 15.8 Å². The molecule has 2 aromatic carbocycles. The van der Waals surface area contributed by atoms with Gasteiger partial charge in [0.15, 0.2) is 0 Å². The van der Waals surface area contributed by atoms with Gasteiger partial charge in [-0.3, -0.25) is 4.79 Å². The molecule has 0 bridgehead atoms. The average Bonchev–Trinajstić information content (AvgIpc) is 3.51. The van der Waals surface area contributed by atoms with E-state index in [-0.39, 0.29) is 12.0 Å². The molecule has 3 heterocycles. The highest BCUT2D eigenvalue weighted by atomic mass is 32.1. The number of anilines is 1. The van der Waals surface area contributed by atoms with E-state index in [2.05, 4.69) is 18.3 Å². The second-order valence-electron chi connectivity index (χ2n) is 8.87. The number of nitrogens with one attached hydrogen (secondary N) is 1. The smallest absolute Gasteiger partial charge is 0.409 e. The van der Waals surface area contributed by atoms with E-state index in [9.17, 15) is 9.59 Å². The standard InChI is InChI=1S/C28H29N3O4S2/c1-3-4-7-15-35-19-10-8-9-18(16-19)25(32)30-27-24(26-29-21-11-5-6-12-22(21)36-26)20-13-14-31(28(33)34-2)17-23(20)37-27/h5-6,8-12,16H,3-4,7,13-15,17H2,1-2H3,(H,30,32). The first-order valence-corrected chi connectivity index (χ1v) is 14.1. The highest BCUT2D eigenvalue weighted by molar-refractivity contribution is 7.23. The Balaban J connectivity index is 1.45. The molecular weight excluding hydrogens is 506 g/mol. The van der Waals surface area contributed by atoms with Crippen LogP contribution in [-0.4, -0.2) is 42.1 Å². The number of nitrogens with zero attached hydrogens (tertiary/aromatic N) is 2. The van der Waals surface area contributed by atoms with Crippen LogP contribution in [0.25, 0.3) is 20.8 Å². The van der Waals surface area contributed by atoms with E-state index in [0.29, 0.717) is 37.4 Å². The molecule has 9 heteroatoms. The molecule has 0 fully saturated rings. The number of benzene rings is 2. The zero-order valence-corrected chi connectivity index (χ0v) is 22.5. The van der Waals surface area contributed by atoms with Crippen LogP contribution < -0.4 is 10.1 Å². The molecule has 0 aliphatic carbocycles. The molecule has 0 unspecified atom stereocenters. The number of carbonyl (C=O) groups is 2. The molecule has 0 saturated carbocycles. The normalized spacial score (nSPS) is 12.9. The van der Waals surface area contributed by atoms with Gasteiger partial charge in [-0.1, -0.05) is 38.0 Å². The molecule has 0 radical (unpaired) electrons. The van der Waals surface area contributed by atoms with Crippen molar-refractivity contribution >= 4 is 49.9 Å². The molecule has 0 saturated heterocycles. The van der Waals surface area contributed by atoms with Gasteiger partial charge in [-0.05, 0) is 48.7 Å². The summed E-state index contributed by atoms with van der Waals surface area (Å²) in [6.07, 6.45) is 3.56. The van der Waals surface area contributed by atoms with Crippen LogP contribution in [0.4, 0.5) is 9.80 Å². The molecule has 2 aromatic heterocycles. The maximum atomic E-state index is 13.4. The number of para-hydroxylation sites is 1. The summed E-state index contributed by atoms with van der Waals surface area (Å²) >= 11 is 3.11. The Morgan fingerprint density at radius 3 is 2.78 bits per heavy atom. The number of rotatable bonds is 8. The maximum Gasteiger partial charge on any atom is 0.409 e. The van der Waals surface area contributed by atoms with Crippen LogP contribution in [0.3, 0.4) is 0 Å². The van der Waals surface area contributed by atoms with E-state index in [1.54, 1.807) is 28.4 Å². The van der Waals surface area contributed by atoms with E-state index < -0.39 is 0 Å². The van der Waals surface area contributed by atoms with Gasteiger partial charge in [0.2, 0.25) is 0 Å². The van der Waals surface area contributed by atoms with Crippen molar-refractivity contribution in [2.45, 2.75) is 39.2 Å². The van der Waals surface area contributed by atoms with Gasteiger partial charge in [-0.15, -0.1) is 22.7 Å². The number of aromatic nitrogens is 1. The molecule has 2 amide bonds. The van der Waals surface area contributed by atoms with Crippen LogP contribution in [0, 0.1) is 0 Å². The summed E-state index contributed by atoms with van der Waals surface area (Å²) in [5.74, 6) is 0.485. The fourth-order valence-corrected chi connectivity index (χ4v) is 6.80. The van der Waals surface area contributed by atoms with Crippen LogP contribution in [0.15, 0.2) is 48.5 Å². The van der Waals surface area contributed by atoms with Gasteiger partial charge in [-0.25, -0.2) is 9.78 Å². The van der Waals surface area contributed by atoms with Crippen LogP contribution in [0.2, 0.25) is 0 Å². The van der Waals surface area contributed by atoms with E-state index >= 15 is 0 Å². The Morgan fingerprint density at radius 1 is 1.11 bits per heavy atom. The molecule has 37 heavy (non-hydrogen) atoms. The lowest BCUT2D eigenvalue weighted by molar-refractivity contribution is 0.102. The average molecular weight is 536 g/mol. The van der Waals surface area contributed by atoms with Crippen molar-refractivity contribution in [3.8, 4) is 16.3 Å². The van der Waals surface area contributed by atoms with E-state index in [1.165, 1.54) is 18.4 Å². The minimum absolute atomic E-state index is 0.204. The van der Waals surface area contributed by atoms with Crippen molar-refractivity contribution in [2.75, 3.05) is 25.6 Å². The third-order valence-corrected chi connectivity index (χ3v) is 8.52. The summed E-state index contributed by atoms with van der Waals surface area (Å²) < 4.78 is 11.9. The monoisotopic (exact) mass is 535 g/mol. The van der Waals surface area contributed by atoms with Crippen LogP contribution in [0.5, 0.6) is 5.75 Å². The number of hydrogen-bond donors (Lipinski definition) is 1. The molecule has 7 nitrogen and oxygen atoms in total. The SMILES string of the molecule is CCCCCOc1cccc(C(=O)Nc2sc3c(c2-c2nc4ccccc4s2)CCN(C(=O)OC)C3)c1. The Hall–Kier alpha value is -3.43. The first kappa shape index (κ1) is 25.2. The van der Waals surface area contributed by atoms with Crippen molar-refractivity contribution in [2.24, 2.45) is 0 Å². The van der Waals surface area contributed by atoms with E-state index in [4.69, 9.17) is 14.5 Å². The predicted octanol–water partition coefficient (Wildman–Crippen LogP) is 6.97. The lowest BCUT2D eigenvalue weighted by Crippen LogP contribution is -2.35. The molecule has 1 aliphatic rings. The van der Waals surface area contributed by atoms with Gasteiger partial charge >= 0.3 is 6.09 Å². The quantitative estimate of drug-likeness (QED) is 0.246. The Kier molecular flexibility index (Phi) is 7.71. The summed E-state index contributed by atoms with van der Waals surface area (Å²) in [6.45, 7) is 3.79. The summed E-state index contributed by atoms with van der Waals surface area (Å²) in [5.41, 5.74) is 3.55. The molecule has 4 aromatic rings. The third kappa shape index (κ3) is 5.47. The van der Waals surface area contributed by atoms with Crippen molar-refractivity contribution in [3.05, 3.63) is 64.5 Å².